The SMILES string of the molecule is CC1CCCc2[nH]c(CC(C)(C)C)nc21. The summed E-state index contributed by atoms with van der Waals surface area (Å²) in [6.07, 6.45) is 4.85. The van der Waals surface area contributed by atoms with E-state index in [0.29, 0.717) is 11.3 Å². The molecule has 0 bridgehead atoms. The van der Waals surface area contributed by atoms with E-state index in [-0.39, 0.29) is 0 Å². The second-order valence-electron chi connectivity index (χ2n) is 6.08. The zero-order valence-corrected chi connectivity index (χ0v) is 10.4. The molecule has 0 aromatic carbocycles. The lowest BCUT2D eigenvalue weighted by atomic mass is 9.92. The summed E-state index contributed by atoms with van der Waals surface area (Å²) in [6.45, 7) is 9.08. The lowest BCUT2D eigenvalue weighted by Crippen LogP contribution is -2.10. The van der Waals surface area contributed by atoms with Gasteiger partial charge in [-0.1, -0.05) is 27.7 Å². The lowest BCUT2D eigenvalue weighted by Gasteiger charge is -2.16. The Morgan fingerprint density at radius 3 is 2.73 bits per heavy atom. The van der Waals surface area contributed by atoms with Gasteiger partial charge in [-0.05, 0) is 24.7 Å². The molecular formula is C13H22N2. The fourth-order valence-corrected chi connectivity index (χ4v) is 2.39. The zero-order chi connectivity index (χ0) is 11.1. The van der Waals surface area contributed by atoms with E-state index in [2.05, 4.69) is 32.7 Å². The number of nitrogens with one attached hydrogen (secondary N) is 1. The van der Waals surface area contributed by atoms with Crippen molar-refractivity contribution in [3.8, 4) is 0 Å². The molecule has 0 radical (unpaired) electrons. The summed E-state index contributed by atoms with van der Waals surface area (Å²) in [5.74, 6) is 1.83. The van der Waals surface area contributed by atoms with Gasteiger partial charge < -0.3 is 4.98 Å². The number of aromatic nitrogens is 2. The molecule has 1 aromatic rings. The molecule has 0 saturated carbocycles. The Morgan fingerprint density at radius 1 is 1.40 bits per heavy atom. The van der Waals surface area contributed by atoms with Crippen LogP contribution in [0.4, 0.5) is 0 Å². The van der Waals surface area contributed by atoms with E-state index in [1.54, 1.807) is 0 Å². The van der Waals surface area contributed by atoms with Gasteiger partial charge in [-0.2, -0.15) is 0 Å². The number of aromatic amines is 1. The fourth-order valence-electron chi connectivity index (χ4n) is 2.39. The first kappa shape index (κ1) is 10.7. The monoisotopic (exact) mass is 206 g/mol. The normalized spacial score (nSPS) is 21.5. The second kappa shape index (κ2) is 3.66. The van der Waals surface area contributed by atoms with Crippen molar-refractivity contribution in [3.05, 3.63) is 17.2 Å². The Morgan fingerprint density at radius 2 is 2.13 bits per heavy atom. The van der Waals surface area contributed by atoms with Gasteiger partial charge in [-0.15, -0.1) is 0 Å². The van der Waals surface area contributed by atoms with Gasteiger partial charge in [-0.3, -0.25) is 0 Å². The summed E-state index contributed by atoms with van der Waals surface area (Å²) in [5, 5.41) is 0. The van der Waals surface area contributed by atoms with Gasteiger partial charge in [0.15, 0.2) is 0 Å². The second-order valence-corrected chi connectivity index (χ2v) is 6.08. The van der Waals surface area contributed by atoms with Crippen molar-refractivity contribution >= 4 is 0 Å². The van der Waals surface area contributed by atoms with Crippen LogP contribution in [0.15, 0.2) is 0 Å². The van der Waals surface area contributed by atoms with E-state index in [9.17, 15) is 0 Å². The fraction of sp³-hybridized carbons (Fsp3) is 0.769. The van der Waals surface area contributed by atoms with Crippen LogP contribution in [-0.2, 0) is 12.8 Å². The minimum Gasteiger partial charge on any atom is -0.346 e. The molecule has 1 aromatic heterocycles. The van der Waals surface area contributed by atoms with Crippen LogP contribution < -0.4 is 0 Å². The summed E-state index contributed by atoms with van der Waals surface area (Å²) in [5.41, 5.74) is 3.05. The Kier molecular flexibility index (Phi) is 2.61. The van der Waals surface area contributed by atoms with Crippen LogP contribution in [0.2, 0.25) is 0 Å². The summed E-state index contributed by atoms with van der Waals surface area (Å²) in [4.78, 5) is 8.27. The summed E-state index contributed by atoms with van der Waals surface area (Å²) >= 11 is 0. The molecule has 84 valence electrons. The maximum atomic E-state index is 4.76. The van der Waals surface area contributed by atoms with Crippen molar-refractivity contribution in [2.75, 3.05) is 0 Å². The van der Waals surface area contributed by atoms with Crippen LogP contribution in [0.25, 0.3) is 0 Å². The molecule has 0 aliphatic heterocycles. The Hall–Kier alpha value is -0.790. The first-order valence-corrected chi connectivity index (χ1v) is 6.03. The van der Waals surface area contributed by atoms with Crippen molar-refractivity contribution in [3.63, 3.8) is 0 Å². The molecule has 1 aliphatic carbocycles. The highest BCUT2D eigenvalue weighted by atomic mass is 14.9. The number of hydrogen-bond donors (Lipinski definition) is 1. The Balaban J connectivity index is 2.22. The highest BCUT2D eigenvalue weighted by molar-refractivity contribution is 5.21. The van der Waals surface area contributed by atoms with Gasteiger partial charge >= 0.3 is 0 Å². The molecule has 1 heterocycles. The quantitative estimate of drug-likeness (QED) is 0.749. The van der Waals surface area contributed by atoms with E-state index in [4.69, 9.17) is 4.98 Å². The number of imidazole rings is 1. The maximum Gasteiger partial charge on any atom is 0.107 e. The molecule has 0 amide bonds. The molecule has 1 atom stereocenters. The molecule has 2 nitrogen and oxygen atoms in total. The molecule has 1 unspecified atom stereocenters. The topological polar surface area (TPSA) is 28.7 Å². The van der Waals surface area contributed by atoms with Crippen LogP contribution in [-0.4, -0.2) is 9.97 Å². The molecule has 1 N–H and O–H groups in total. The van der Waals surface area contributed by atoms with Crippen LogP contribution in [0.3, 0.4) is 0 Å². The van der Waals surface area contributed by atoms with E-state index in [1.165, 1.54) is 36.5 Å². The molecule has 1 aliphatic rings. The van der Waals surface area contributed by atoms with Gasteiger partial charge in [0.05, 0.1) is 5.69 Å². The standard InChI is InChI=1S/C13H22N2/c1-9-6-5-7-10-12(9)15-11(14-10)8-13(2,3)4/h9H,5-8H2,1-4H3,(H,14,15). The van der Waals surface area contributed by atoms with Gasteiger partial charge in [0, 0.05) is 18.0 Å². The highest BCUT2D eigenvalue weighted by Gasteiger charge is 2.22. The third-order valence-corrected chi connectivity index (χ3v) is 3.09. The lowest BCUT2D eigenvalue weighted by molar-refractivity contribution is 0.401. The molecule has 0 fully saturated rings. The molecule has 0 saturated heterocycles. The summed E-state index contributed by atoms with van der Waals surface area (Å²) < 4.78 is 0. The Bertz CT molecular complexity index is 344. The van der Waals surface area contributed by atoms with Crippen LogP contribution in [0, 0.1) is 5.41 Å². The van der Waals surface area contributed by atoms with E-state index < -0.39 is 0 Å². The number of fused-ring (bicyclic) bond motifs is 1. The number of H-pyrrole nitrogens is 1. The first-order chi connectivity index (χ1) is 6.96. The van der Waals surface area contributed by atoms with E-state index >= 15 is 0 Å². The number of aryl methyl sites for hydroxylation is 1. The highest BCUT2D eigenvalue weighted by Crippen LogP contribution is 2.30. The predicted molar refractivity (Wildman–Crippen MR) is 63.1 cm³/mol. The van der Waals surface area contributed by atoms with Crippen LogP contribution >= 0.6 is 0 Å². The largest absolute Gasteiger partial charge is 0.346 e. The van der Waals surface area contributed by atoms with Crippen molar-refractivity contribution in [1.29, 1.82) is 0 Å². The van der Waals surface area contributed by atoms with Gasteiger partial charge in [-0.25, -0.2) is 4.98 Å². The van der Waals surface area contributed by atoms with E-state index in [1.807, 2.05) is 0 Å². The van der Waals surface area contributed by atoms with Gasteiger partial charge in [0.1, 0.15) is 5.82 Å². The van der Waals surface area contributed by atoms with Crippen LogP contribution in [0.1, 0.15) is 63.7 Å². The maximum absolute atomic E-state index is 4.76. The number of nitrogens with zero attached hydrogens (tertiary/aromatic N) is 1. The minimum atomic E-state index is 0.323. The zero-order valence-electron chi connectivity index (χ0n) is 10.4. The third-order valence-electron chi connectivity index (χ3n) is 3.09. The molecule has 2 heteroatoms. The minimum absolute atomic E-state index is 0.323. The number of rotatable bonds is 1. The first-order valence-electron chi connectivity index (χ1n) is 6.03. The van der Waals surface area contributed by atoms with Gasteiger partial charge in [0.2, 0.25) is 0 Å². The van der Waals surface area contributed by atoms with Crippen molar-refractivity contribution in [2.24, 2.45) is 5.41 Å². The van der Waals surface area contributed by atoms with Crippen molar-refractivity contribution in [2.45, 2.75) is 59.3 Å². The average molecular weight is 206 g/mol. The summed E-state index contributed by atoms with van der Waals surface area (Å²) in [7, 11) is 0. The molecule has 0 spiro atoms. The third kappa shape index (κ3) is 2.42. The predicted octanol–water partition coefficient (Wildman–Crippen LogP) is 3.44. The Labute approximate surface area is 92.5 Å². The smallest absolute Gasteiger partial charge is 0.107 e. The van der Waals surface area contributed by atoms with Crippen molar-refractivity contribution in [1.82, 2.24) is 9.97 Å². The molecule has 15 heavy (non-hydrogen) atoms. The molecular weight excluding hydrogens is 184 g/mol. The van der Waals surface area contributed by atoms with Crippen molar-refractivity contribution < 1.29 is 0 Å². The summed E-state index contributed by atoms with van der Waals surface area (Å²) in [6, 6.07) is 0. The van der Waals surface area contributed by atoms with Gasteiger partial charge in [0.25, 0.3) is 0 Å². The molecule has 2 rings (SSSR count). The average Bonchev–Trinajstić information content (AvgIpc) is 2.45. The van der Waals surface area contributed by atoms with Crippen LogP contribution in [0.5, 0.6) is 0 Å². The van der Waals surface area contributed by atoms with E-state index in [0.717, 1.165) is 6.42 Å². The number of hydrogen-bond acceptors (Lipinski definition) is 1.